The quantitative estimate of drug-likeness (QED) is 0.288. The highest BCUT2D eigenvalue weighted by atomic mass is 16.5. The molecule has 3 N–H and O–H groups in total. The Labute approximate surface area is 240 Å². The van der Waals surface area contributed by atoms with Crippen LogP contribution in [0.1, 0.15) is 78.1 Å². The Morgan fingerprint density at radius 3 is 2.73 bits per heavy atom. The summed E-state index contributed by atoms with van der Waals surface area (Å²) in [7, 11) is 0. The number of hydrogen-bond donors (Lipinski definition) is 3. The largest absolute Gasteiger partial charge is 0.458 e. The van der Waals surface area contributed by atoms with E-state index in [1.807, 2.05) is 17.7 Å². The van der Waals surface area contributed by atoms with Crippen LogP contribution >= 0.6 is 0 Å². The number of aliphatic hydroxyl groups excluding tert-OH is 1. The van der Waals surface area contributed by atoms with Gasteiger partial charge in [-0.3, -0.25) is 19.2 Å². The van der Waals surface area contributed by atoms with Crippen molar-refractivity contribution in [1.82, 2.24) is 14.9 Å². The number of fused-ring (bicyclic) bond motifs is 5. The molecule has 41 heavy (non-hydrogen) atoms. The van der Waals surface area contributed by atoms with Gasteiger partial charge in [0, 0.05) is 43.7 Å². The third-order valence-corrected chi connectivity index (χ3v) is 10.9. The molecule has 0 spiro atoms. The Morgan fingerprint density at radius 2 is 1.98 bits per heavy atom. The first-order chi connectivity index (χ1) is 19.5. The first kappa shape index (κ1) is 29.6. The molecule has 1 amide bonds. The predicted molar refractivity (Wildman–Crippen MR) is 148 cm³/mol. The molecule has 1 heterocycles. The predicted octanol–water partition coefficient (Wildman–Crippen LogP) is 2.52. The molecule has 0 bridgehead atoms. The number of carbonyl (C=O) groups is 4. The number of rotatable bonds is 10. The molecule has 5 rings (SSSR count). The van der Waals surface area contributed by atoms with Gasteiger partial charge in [-0.05, 0) is 74.2 Å². The Balaban J connectivity index is 1.13. The van der Waals surface area contributed by atoms with E-state index in [2.05, 4.69) is 17.2 Å². The van der Waals surface area contributed by atoms with E-state index in [1.165, 1.54) is 0 Å². The number of imidazole rings is 1. The van der Waals surface area contributed by atoms with Gasteiger partial charge in [0.05, 0.1) is 18.9 Å². The van der Waals surface area contributed by atoms with Gasteiger partial charge < -0.3 is 24.8 Å². The molecule has 4 aliphatic rings. The van der Waals surface area contributed by atoms with Crippen molar-refractivity contribution in [1.29, 1.82) is 0 Å². The Morgan fingerprint density at radius 1 is 1.17 bits per heavy atom. The van der Waals surface area contributed by atoms with Crippen molar-refractivity contribution in [3.63, 3.8) is 0 Å². The number of esters is 1. The number of aliphatic hydroxyl groups is 2. The van der Waals surface area contributed by atoms with Gasteiger partial charge in [-0.2, -0.15) is 0 Å². The van der Waals surface area contributed by atoms with Crippen LogP contribution < -0.4 is 5.32 Å². The fraction of sp³-hybridized carbons (Fsp3) is 0.710. The van der Waals surface area contributed by atoms with Gasteiger partial charge in [-0.1, -0.05) is 19.4 Å². The summed E-state index contributed by atoms with van der Waals surface area (Å²) >= 11 is 0. The van der Waals surface area contributed by atoms with Crippen molar-refractivity contribution in [2.24, 2.45) is 28.6 Å². The highest BCUT2D eigenvalue weighted by molar-refractivity contribution is 5.92. The molecule has 3 fully saturated rings. The average molecular weight is 570 g/mol. The smallest absolute Gasteiger partial charge is 0.306 e. The SMILES string of the molecule is C[C@]12CCC(=O)C=C1CC[C@H]1[C@H]2[C@@H](O)C[C@@]2(C)[C@H]1CC[C@]2(O)C(=O)COC(=O)CCC(=O)NCCCn1ccnc1. The number of allylic oxidation sites excluding steroid dienone is 1. The zero-order valence-corrected chi connectivity index (χ0v) is 24.1. The molecule has 0 aliphatic heterocycles. The monoisotopic (exact) mass is 569 g/mol. The summed E-state index contributed by atoms with van der Waals surface area (Å²) in [5.41, 5.74) is -1.65. The summed E-state index contributed by atoms with van der Waals surface area (Å²) in [5, 5.41) is 26.1. The number of ketones is 2. The fourth-order valence-corrected chi connectivity index (χ4v) is 8.70. The third kappa shape index (κ3) is 5.41. The maximum atomic E-state index is 13.4. The standard InChI is InChI=1S/C31H43N3O7/c1-29-10-8-21(35)16-20(29)4-5-22-23-9-11-31(40,30(23,2)17-24(36)28(22)29)25(37)18-41-27(39)7-6-26(38)33-12-3-14-34-15-13-32-19-34/h13,15-16,19,22-24,28,36,40H,3-12,14,17-18H2,1-2H3,(H,33,38)/t22-,23+,24+,28+,29+,30+,31+/m1/s1. The highest BCUT2D eigenvalue weighted by Crippen LogP contribution is 2.67. The number of ether oxygens (including phenoxy) is 1. The molecule has 3 saturated carbocycles. The van der Waals surface area contributed by atoms with Crippen LogP contribution in [0.15, 0.2) is 30.4 Å². The van der Waals surface area contributed by atoms with Gasteiger partial charge in [-0.15, -0.1) is 0 Å². The lowest BCUT2D eigenvalue weighted by Gasteiger charge is -2.60. The van der Waals surface area contributed by atoms with Crippen LogP contribution in [-0.4, -0.2) is 68.1 Å². The molecular weight excluding hydrogens is 526 g/mol. The molecule has 0 aromatic carbocycles. The number of carbonyl (C=O) groups excluding carboxylic acids is 4. The topological polar surface area (TPSA) is 148 Å². The molecule has 0 unspecified atom stereocenters. The molecule has 1 aromatic rings. The van der Waals surface area contributed by atoms with Crippen LogP contribution in [0.5, 0.6) is 0 Å². The summed E-state index contributed by atoms with van der Waals surface area (Å²) in [6.07, 6.45) is 10.9. The summed E-state index contributed by atoms with van der Waals surface area (Å²) in [6, 6.07) is 0. The lowest BCUT2D eigenvalue weighted by molar-refractivity contribution is -0.184. The van der Waals surface area contributed by atoms with E-state index in [9.17, 15) is 29.4 Å². The normalized spacial score (nSPS) is 36.0. The van der Waals surface area contributed by atoms with Crippen LogP contribution in [0.25, 0.3) is 0 Å². The van der Waals surface area contributed by atoms with Gasteiger partial charge in [0.1, 0.15) is 5.60 Å². The molecule has 0 radical (unpaired) electrons. The molecule has 224 valence electrons. The van der Waals surface area contributed by atoms with E-state index >= 15 is 0 Å². The van der Waals surface area contributed by atoms with E-state index in [4.69, 9.17) is 4.74 Å². The van der Waals surface area contributed by atoms with E-state index in [1.54, 1.807) is 18.6 Å². The molecule has 1 aromatic heterocycles. The lowest BCUT2D eigenvalue weighted by atomic mass is 9.45. The van der Waals surface area contributed by atoms with Gasteiger partial charge in [0.2, 0.25) is 11.7 Å². The van der Waals surface area contributed by atoms with Crippen LogP contribution in [0.4, 0.5) is 0 Å². The maximum absolute atomic E-state index is 13.4. The summed E-state index contributed by atoms with van der Waals surface area (Å²) in [4.78, 5) is 53.9. The summed E-state index contributed by atoms with van der Waals surface area (Å²) < 4.78 is 7.13. The van der Waals surface area contributed by atoms with Gasteiger partial charge in [-0.25, -0.2) is 4.98 Å². The van der Waals surface area contributed by atoms with E-state index in [0.717, 1.165) is 37.8 Å². The number of nitrogens with one attached hydrogen (secondary N) is 1. The van der Waals surface area contributed by atoms with Gasteiger partial charge >= 0.3 is 5.97 Å². The highest BCUT2D eigenvalue weighted by Gasteiger charge is 2.68. The minimum atomic E-state index is -1.70. The Hall–Kier alpha value is -2.85. The lowest BCUT2D eigenvalue weighted by Crippen LogP contribution is -2.62. The van der Waals surface area contributed by atoms with E-state index in [-0.39, 0.29) is 60.5 Å². The molecule has 7 atom stereocenters. The van der Waals surface area contributed by atoms with Crippen molar-refractivity contribution in [3.05, 3.63) is 30.4 Å². The first-order valence-corrected chi connectivity index (χ1v) is 15.0. The van der Waals surface area contributed by atoms with Gasteiger partial charge in [0.25, 0.3) is 0 Å². The number of amides is 1. The van der Waals surface area contributed by atoms with Crippen molar-refractivity contribution in [2.45, 2.75) is 96.3 Å². The third-order valence-electron chi connectivity index (χ3n) is 10.9. The Bertz CT molecular complexity index is 1210. The van der Waals surface area contributed by atoms with Crippen molar-refractivity contribution in [2.75, 3.05) is 13.2 Å². The van der Waals surface area contributed by atoms with Crippen molar-refractivity contribution >= 4 is 23.4 Å². The molecule has 10 heteroatoms. The minimum absolute atomic E-state index is 0.0130. The zero-order chi connectivity index (χ0) is 29.4. The van der Waals surface area contributed by atoms with Crippen molar-refractivity contribution in [3.8, 4) is 0 Å². The summed E-state index contributed by atoms with van der Waals surface area (Å²) in [5.74, 6) is -1.14. The number of hydrogen-bond acceptors (Lipinski definition) is 8. The Kier molecular flexibility index (Phi) is 8.27. The summed E-state index contributed by atoms with van der Waals surface area (Å²) in [6.45, 7) is 4.71. The second kappa shape index (κ2) is 11.4. The number of Topliss-reactive ketones (excluding diaryl/α,β-unsaturated/α-hetero) is 1. The van der Waals surface area contributed by atoms with Crippen LogP contribution in [0, 0.1) is 28.6 Å². The number of nitrogens with zero attached hydrogens (tertiary/aromatic N) is 2. The molecular formula is C31H43N3O7. The van der Waals surface area contributed by atoms with Crippen LogP contribution in [-0.2, 0) is 30.5 Å². The fourth-order valence-electron chi connectivity index (χ4n) is 8.70. The van der Waals surface area contributed by atoms with E-state index < -0.39 is 35.5 Å². The first-order valence-electron chi connectivity index (χ1n) is 15.0. The van der Waals surface area contributed by atoms with Crippen LogP contribution in [0.2, 0.25) is 0 Å². The zero-order valence-electron chi connectivity index (χ0n) is 24.1. The molecule has 0 saturated heterocycles. The van der Waals surface area contributed by atoms with Crippen LogP contribution in [0.3, 0.4) is 0 Å². The van der Waals surface area contributed by atoms with E-state index in [0.29, 0.717) is 19.4 Å². The van der Waals surface area contributed by atoms with Gasteiger partial charge in [0.15, 0.2) is 12.4 Å². The molecule has 4 aliphatic carbocycles. The minimum Gasteiger partial charge on any atom is -0.458 e. The number of aromatic nitrogens is 2. The second-order valence-electron chi connectivity index (χ2n) is 13.1. The average Bonchev–Trinajstić information content (AvgIpc) is 3.55. The molecule has 10 nitrogen and oxygen atoms in total. The second-order valence-corrected chi connectivity index (χ2v) is 13.1. The number of aryl methyl sites for hydroxylation is 1. The van der Waals surface area contributed by atoms with Crippen molar-refractivity contribution < 1.29 is 34.1 Å². The maximum Gasteiger partial charge on any atom is 0.306 e.